The maximum atomic E-state index is 12.5. The third-order valence-electron chi connectivity index (χ3n) is 2.07. The Labute approximate surface area is 111 Å². The van der Waals surface area contributed by atoms with Gasteiger partial charge in [0.15, 0.2) is 0 Å². The third kappa shape index (κ3) is 4.03. The number of alkyl halides is 3. The summed E-state index contributed by atoms with van der Waals surface area (Å²) in [5.74, 6) is 1.44. The lowest BCUT2D eigenvalue weighted by Crippen LogP contribution is -2.33. The third-order valence-corrected chi connectivity index (χ3v) is 2.34. The number of aromatic nitrogens is 1. The van der Waals surface area contributed by atoms with Gasteiger partial charge >= 0.3 is 6.18 Å². The van der Waals surface area contributed by atoms with Crippen molar-refractivity contribution in [1.82, 2.24) is 9.88 Å². The van der Waals surface area contributed by atoms with Crippen LogP contribution in [0.1, 0.15) is 5.56 Å². The first kappa shape index (κ1) is 15.1. The molecule has 1 N–H and O–H groups in total. The number of carbonyl (C=O) groups is 1. The van der Waals surface area contributed by atoms with Gasteiger partial charge < -0.3 is 9.88 Å². The van der Waals surface area contributed by atoms with Gasteiger partial charge in [-0.3, -0.25) is 9.59 Å². The Morgan fingerprint density at radius 3 is 2.68 bits per heavy atom. The number of carbonyl (C=O) groups excluding carboxylic acids is 1. The van der Waals surface area contributed by atoms with Crippen molar-refractivity contribution in [1.29, 1.82) is 0 Å². The van der Waals surface area contributed by atoms with Gasteiger partial charge in [-0.05, 0) is 6.07 Å². The van der Waals surface area contributed by atoms with Gasteiger partial charge in [0.2, 0.25) is 5.91 Å². The molecule has 1 rings (SSSR count). The van der Waals surface area contributed by atoms with Gasteiger partial charge in [-0.25, -0.2) is 0 Å². The molecule has 1 heterocycles. The number of terminal acetylenes is 1. The number of pyridine rings is 1. The molecule has 0 saturated heterocycles. The van der Waals surface area contributed by atoms with Crippen LogP contribution in [0.5, 0.6) is 0 Å². The van der Waals surface area contributed by atoms with E-state index in [9.17, 15) is 22.8 Å². The highest BCUT2D eigenvalue weighted by Crippen LogP contribution is 2.29. The smallest absolute Gasteiger partial charge is 0.344 e. The molecule has 102 valence electrons. The van der Waals surface area contributed by atoms with E-state index in [0.717, 1.165) is 0 Å². The average Bonchev–Trinajstić information content (AvgIpc) is 2.30. The summed E-state index contributed by atoms with van der Waals surface area (Å²) >= 11 is 5.42. The normalized spacial score (nSPS) is 10.9. The van der Waals surface area contributed by atoms with Crippen molar-refractivity contribution in [2.45, 2.75) is 12.7 Å². The lowest BCUT2D eigenvalue weighted by atomic mass is 10.2. The van der Waals surface area contributed by atoms with Crippen molar-refractivity contribution in [3.05, 3.63) is 33.2 Å². The standard InChI is InChI=1S/C11H8ClF3N2O2/c1-2-3-16-9(18)6-17-5-7(11(13,14)15)4-8(12)10(17)19/h1,4-5H,3,6H2,(H,16,18). The van der Waals surface area contributed by atoms with Crippen molar-refractivity contribution in [2.24, 2.45) is 0 Å². The summed E-state index contributed by atoms with van der Waals surface area (Å²) in [4.78, 5) is 22.8. The Balaban J connectivity index is 3.08. The molecule has 0 aliphatic carbocycles. The second kappa shape index (κ2) is 5.80. The molecule has 0 spiro atoms. The van der Waals surface area contributed by atoms with Crippen LogP contribution in [0, 0.1) is 12.3 Å². The van der Waals surface area contributed by atoms with E-state index in [-0.39, 0.29) is 6.54 Å². The van der Waals surface area contributed by atoms with Crippen LogP contribution in [-0.4, -0.2) is 17.0 Å². The van der Waals surface area contributed by atoms with Crippen LogP contribution < -0.4 is 10.9 Å². The average molecular weight is 293 g/mol. The fraction of sp³-hybridized carbons (Fsp3) is 0.273. The Morgan fingerprint density at radius 2 is 2.16 bits per heavy atom. The highest BCUT2D eigenvalue weighted by Gasteiger charge is 2.32. The topological polar surface area (TPSA) is 51.1 Å². The number of hydrogen-bond donors (Lipinski definition) is 1. The van der Waals surface area contributed by atoms with Crippen LogP contribution in [0.25, 0.3) is 0 Å². The largest absolute Gasteiger partial charge is 0.417 e. The van der Waals surface area contributed by atoms with Gasteiger partial charge in [0.05, 0.1) is 12.1 Å². The van der Waals surface area contributed by atoms with Crippen LogP contribution in [0.4, 0.5) is 13.2 Å². The van der Waals surface area contributed by atoms with E-state index in [1.165, 1.54) is 0 Å². The second-order valence-electron chi connectivity index (χ2n) is 3.49. The first-order chi connectivity index (χ1) is 8.75. The summed E-state index contributed by atoms with van der Waals surface area (Å²) in [7, 11) is 0. The molecule has 0 saturated carbocycles. The number of nitrogens with zero attached hydrogens (tertiary/aromatic N) is 1. The molecular formula is C11H8ClF3N2O2. The molecule has 8 heteroatoms. The monoisotopic (exact) mass is 292 g/mol. The fourth-order valence-electron chi connectivity index (χ4n) is 1.23. The summed E-state index contributed by atoms with van der Waals surface area (Å²) in [5.41, 5.74) is -1.99. The summed E-state index contributed by atoms with van der Waals surface area (Å²) in [6, 6.07) is 0.514. The van der Waals surface area contributed by atoms with Crippen molar-refractivity contribution >= 4 is 17.5 Å². The molecule has 0 atom stereocenters. The van der Waals surface area contributed by atoms with Crippen LogP contribution in [0.3, 0.4) is 0 Å². The summed E-state index contributed by atoms with van der Waals surface area (Å²) < 4.78 is 38.1. The zero-order valence-corrected chi connectivity index (χ0v) is 10.2. The van der Waals surface area contributed by atoms with Crippen LogP contribution >= 0.6 is 11.6 Å². The molecule has 0 aliphatic rings. The van der Waals surface area contributed by atoms with E-state index in [1.807, 2.05) is 0 Å². The van der Waals surface area contributed by atoms with Crippen molar-refractivity contribution in [2.75, 3.05) is 6.54 Å². The minimum Gasteiger partial charge on any atom is -0.344 e. The van der Waals surface area contributed by atoms with Gasteiger partial charge in [-0.15, -0.1) is 6.42 Å². The molecule has 0 radical (unpaired) electrons. The Morgan fingerprint density at radius 1 is 1.53 bits per heavy atom. The fourth-order valence-corrected chi connectivity index (χ4v) is 1.46. The molecule has 1 aromatic heterocycles. The van der Waals surface area contributed by atoms with Crippen molar-refractivity contribution in [3.8, 4) is 12.3 Å². The number of halogens is 4. The van der Waals surface area contributed by atoms with E-state index in [0.29, 0.717) is 16.8 Å². The summed E-state index contributed by atoms with van der Waals surface area (Å²) in [6.45, 7) is -0.676. The van der Waals surface area contributed by atoms with Gasteiger partial charge in [-0.1, -0.05) is 17.5 Å². The van der Waals surface area contributed by atoms with Crippen molar-refractivity contribution < 1.29 is 18.0 Å². The molecule has 0 unspecified atom stereocenters. The molecule has 19 heavy (non-hydrogen) atoms. The Kier molecular flexibility index (Phi) is 4.62. The first-order valence-corrected chi connectivity index (χ1v) is 5.31. The first-order valence-electron chi connectivity index (χ1n) is 4.93. The molecule has 4 nitrogen and oxygen atoms in total. The minimum atomic E-state index is -4.66. The zero-order valence-electron chi connectivity index (χ0n) is 9.42. The van der Waals surface area contributed by atoms with Gasteiger partial charge in [0.25, 0.3) is 5.56 Å². The molecule has 0 aromatic carbocycles. The predicted octanol–water partition coefficient (Wildman–Crippen LogP) is 1.27. The Bertz CT molecular complexity index is 587. The van der Waals surface area contributed by atoms with E-state index >= 15 is 0 Å². The van der Waals surface area contributed by atoms with E-state index in [1.54, 1.807) is 0 Å². The minimum absolute atomic E-state index is 0.0831. The van der Waals surface area contributed by atoms with Crippen LogP contribution in [0.15, 0.2) is 17.1 Å². The number of amides is 1. The summed E-state index contributed by atoms with van der Waals surface area (Å²) in [5, 5.41) is 1.62. The van der Waals surface area contributed by atoms with E-state index < -0.39 is 34.8 Å². The quantitative estimate of drug-likeness (QED) is 0.853. The molecule has 1 amide bonds. The number of hydrogen-bond acceptors (Lipinski definition) is 2. The predicted molar refractivity (Wildman–Crippen MR) is 62.6 cm³/mol. The highest BCUT2D eigenvalue weighted by atomic mass is 35.5. The SMILES string of the molecule is C#CCNC(=O)Cn1cc(C(F)(F)F)cc(Cl)c1=O. The van der Waals surface area contributed by atoms with Crippen LogP contribution in [-0.2, 0) is 17.5 Å². The Hall–Kier alpha value is -1.94. The van der Waals surface area contributed by atoms with Crippen molar-refractivity contribution in [3.63, 3.8) is 0 Å². The van der Waals surface area contributed by atoms with E-state index in [2.05, 4.69) is 11.2 Å². The van der Waals surface area contributed by atoms with Gasteiger partial charge in [0, 0.05) is 6.20 Å². The molecule has 0 aliphatic heterocycles. The van der Waals surface area contributed by atoms with Gasteiger partial charge in [-0.2, -0.15) is 13.2 Å². The van der Waals surface area contributed by atoms with Crippen LogP contribution in [0.2, 0.25) is 5.02 Å². The maximum absolute atomic E-state index is 12.5. The number of rotatable bonds is 3. The molecular weight excluding hydrogens is 285 g/mol. The molecule has 1 aromatic rings. The highest BCUT2D eigenvalue weighted by molar-refractivity contribution is 6.30. The lowest BCUT2D eigenvalue weighted by molar-refractivity contribution is -0.138. The maximum Gasteiger partial charge on any atom is 0.417 e. The summed E-state index contributed by atoms with van der Waals surface area (Å²) in [6.07, 6.45) is 0.775. The molecule has 0 bridgehead atoms. The number of nitrogens with one attached hydrogen (secondary N) is 1. The van der Waals surface area contributed by atoms with E-state index in [4.69, 9.17) is 18.0 Å². The zero-order chi connectivity index (χ0) is 14.6. The second-order valence-corrected chi connectivity index (χ2v) is 3.90. The van der Waals surface area contributed by atoms with Gasteiger partial charge in [0.1, 0.15) is 11.6 Å². The lowest BCUT2D eigenvalue weighted by Gasteiger charge is -2.11. The molecule has 0 fully saturated rings.